The first-order valence-electron chi connectivity index (χ1n) is 4.39. The van der Waals surface area contributed by atoms with Crippen molar-refractivity contribution in [2.75, 3.05) is 17.6 Å². The summed E-state index contributed by atoms with van der Waals surface area (Å²) in [5.74, 6) is -0.168. The van der Waals surface area contributed by atoms with Crippen LogP contribution in [0.5, 0.6) is 0 Å². The smallest absolute Gasteiger partial charge is 0.210 e. The van der Waals surface area contributed by atoms with Gasteiger partial charge in [0.25, 0.3) is 0 Å². The van der Waals surface area contributed by atoms with Gasteiger partial charge in [-0.25, -0.2) is 13.6 Å². The Morgan fingerprint density at radius 3 is 2.81 bits per heavy atom. The van der Waals surface area contributed by atoms with Gasteiger partial charge in [0.05, 0.1) is 11.4 Å². The number of thiocarbonyl (C=S) groups is 1. The molecule has 1 rings (SSSR count). The molecule has 0 radical (unpaired) electrons. The third-order valence-electron chi connectivity index (χ3n) is 1.74. The molecule has 0 aliphatic rings. The summed E-state index contributed by atoms with van der Waals surface area (Å²) in [4.78, 5) is 4.14. The summed E-state index contributed by atoms with van der Waals surface area (Å²) in [6.07, 6.45) is 1.55. The lowest BCUT2D eigenvalue weighted by Gasteiger charge is -2.08. The van der Waals surface area contributed by atoms with Gasteiger partial charge in [0.1, 0.15) is 10.7 Å². The molecular formula is C8H12N4O2S2. The van der Waals surface area contributed by atoms with Crippen molar-refractivity contribution >= 4 is 32.9 Å². The number of nitrogens with zero attached hydrogens (tertiary/aromatic N) is 1. The topological polar surface area (TPSA) is 111 Å². The van der Waals surface area contributed by atoms with Crippen LogP contribution in [0.15, 0.2) is 18.3 Å². The van der Waals surface area contributed by atoms with E-state index in [0.717, 1.165) is 0 Å². The second-order valence-corrected chi connectivity index (χ2v) is 5.23. The Morgan fingerprint density at radius 1 is 1.56 bits per heavy atom. The molecule has 1 aromatic rings. The molecule has 0 aromatic carbocycles. The Morgan fingerprint density at radius 2 is 2.25 bits per heavy atom. The molecule has 0 aliphatic carbocycles. The maximum absolute atomic E-state index is 10.7. The lowest BCUT2D eigenvalue weighted by atomic mass is 10.3. The standard InChI is InChI=1S/C8H12N4O2S2/c9-8(15)7-6(2-1-3-12-7)11-4-5-16(10,13)14/h1-3,11H,4-5H2,(H2,9,15)(H2,10,13,14). The SMILES string of the molecule is NC(=S)c1ncccc1NCCS(N)(=O)=O. The molecule has 0 fully saturated rings. The van der Waals surface area contributed by atoms with Crippen molar-refractivity contribution in [2.45, 2.75) is 0 Å². The highest BCUT2D eigenvalue weighted by Gasteiger charge is 2.07. The number of primary sulfonamides is 1. The zero-order valence-electron chi connectivity index (χ0n) is 8.38. The minimum absolute atomic E-state index is 0.152. The highest BCUT2D eigenvalue weighted by atomic mass is 32.2. The normalized spacial score (nSPS) is 11.1. The summed E-state index contributed by atoms with van der Waals surface area (Å²) >= 11 is 4.81. The number of aromatic nitrogens is 1. The van der Waals surface area contributed by atoms with E-state index in [9.17, 15) is 8.42 Å². The van der Waals surface area contributed by atoms with Gasteiger partial charge in [0.15, 0.2) is 0 Å². The van der Waals surface area contributed by atoms with E-state index < -0.39 is 10.0 Å². The molecule has 6 nitrogen and oxygen atoms in total. The monoisotopic (exact) mass is 260 g/mol. The van der Waals surface area contributed by atoms with Gasteiger partial charge in [-0.3, -0.25) is 4.98 Å². The first-order chi connectivity index (χ1) is 7.40. The predicted molar refractivity (Wildman–Crippen MR) is 66.6 cm³/mol. The third kappa shape index (κ3) is 4.09. The number of pyridine rings is 1. The minimum Gasteiger partial charge on any atom is -0.388 e. The van der Waals surface area contributed by atoms with Gasteiger partial charge in [-0.15, -0.1) is 0 Å². The van der Waals surface area contributed by atoms with Gasteiger partial charge >= 0.3 is 0 Å². The molecule has 8 heteroatoms. The number of hydrogen-bond acceptors (Lipinski definition) is 5. The largest absolute Gasteiger partial charge is 0.388 e. The van der Waals surface area contributed by atoms with Crippen LogP contribution in [-0.2, 0) is 10.0 Å². The zero-order valence-corrected chi connectivity index (χ0v) is 10.0. The summed E-state index contributed by atoms with van der Waals surface area (Å²) in [6, 6.07) is 3.41. The fraction of sp³-hybridized carbons (Fsp3) is 0.250. The van der Waals surface area contributed by atoms with Crippen LogP contribution >= 0.6 is 12.2 Å². The first-order valence-corrected chi connectivity index (χ1v) is 6.51. The molecule has 0 atom stereocenters. The van der Waals surface area contributed by atoms with Gasteiger partial charge < -0.3 is 11.1 Å². The molecule has 88 valence electrons. The number of hydrogen-bond donors (Lipinski definition) is 3. The van der Waals surface area contributed by atoms with Crippen molar-refractivity contribution in [1.82, 2.24) is 4.98 Å². The van der Waals surface area contributed by atoms with Crippen LogP contribution < -0.4 is 16.2 Å². The van der Waals surface area contributed by atoms with Crippen LogP contribution in [0.3, 0.4) is 0 Å². The maximum Gasteiger partial charge on any atom is 0.210 e. The van der Waals surface area contributed by atoms with Gasteiger partial charge in [0.2, 0.25) is 10.0 Å². The van der Waals surface area contributed by atoms with Gasteiger partial charge in [-0.2, -0.15) is 0 Å². The Labute approximate surface area is 99.1 Å². The van der Waals surface area contributed by atoms with Crippen LogP contribution in [0, 0.1) is 0 Å². The van der Waals surface area contributed by atoms with Crippen LogP contribution in [0.2, 0.25) is 0 Å². The fourth-order valence-corrected chi connectivity index (χ4v) is 1.62. The van der Waals surface area contributed by atoms with E-state index in [1.165, 1.54) is 0 Å². The molecule has 0 unspecified atom stereocenters. The molecule has 0 amide bonds. The van der Waals surface area contributed by atoms with Crippen LogP contribution in [-0.4, -0.2) is 30.7 Å². The minimum atomic E-state index is -3.47. The van der Waals surface area contributed by atoms with Crippen molar-refractivity contribution in [1.29, 1.82) is 0 Å². The van der Waals surface area contributed by atoms with E-state index in [1.807, 2.05) is 0 Å². The first kappa shape index (κ1) is 12.8. The van der Waals surface area contributed by atoms with E-state index >= 15 is 0 Å². The Bertz CT molecular complexity index is 487. The Balaban J connectivity index is 2.71. The third-order valence-corrected chi connectivity index (χ3v) is 2.71. The average Bonchev–Trinajstić information content (AvgIpc) is 2.16. The number of anilines is 1. The van der Waals surface area contributed by atoms with Crippen molar-refractivity contribution < 1.29 is 8.42 Å². The fourth-order valence-electron chi connectivity index (χ4n) is 1.07. The summed E-state index contributed by atoms with van der Waals surface area (Å²) in [5, 5.41) is 7.73. The molecule has 0 saturated heterocycles. The Kier molecular flexibility index (Phi) is 4.16. The summed E-state index contributed by atoms with van der Waals surface area (Å²) in [6.45, 7) is 0.181. The number of nitrogens with two attached hydrogens (primary N) is 2. The van der Waals surface area contributed by atoms with Gasteiger partial charge in [0, 0.05) is 12.7 Å². The van der Waals surface area contributed by atoms with Crippen molar-refractivity contribution in [3.63, 3.8) is 0 Å². The van der Waals surface area contributed by atoms with Gasteiger partial charge in [-0.05, 0) is 12.1 Å². The van der Waals surface area contributed by atoms with Crippen molar-refractivity contribution in [2.24, 2.45) is 10.9 Å². The Hall–Kier alpha value is -1.25. The summed E-state index contributed by atoms with van der Waals surface area (Å²) < 4.78 is 21.4. The van der Waals surface area contributed by atoms with Crippen LogP contribution in [0.25, 0.3) is 0 Å². The average molecular weight is 260 g/mol. The summed E-state index contributed by atoms with van der Waals surface area (Å²) in [7, 11) is -3.47. The molecule has 16 heavy (non-hydrogen) atoms. The molecule has 0 bridgehead atoms. The van der Waals surface area contributed by atoms with E-state index in [4.69, 9.17) is 23.1 Å². The van der Waals surface area contributed by atoms with Crippen LogP contribution in [0.1, 0.15) is 5.69 Å². The van der Waals surface area contributed by atoms with Gasteiger partial charge in [-0.1, -0.05) is 12.2 Å². The second kappa shape index (κ2) is 5.19. The molecular weight excluding hydrogens is 248 g/mol. The zero-order chi connectivity index (χ0) is 12.2. The molecule has 0 saturated carbocycles. The van der Waals surface area contributed by atoms with Crippen LogP contribution in [0.4, 0.5) is 5.69 Å². The van der Waals surface area contributed by atoms with E-state index in [-0.39, 0.29) is 17.3 Å². The number of nitrogens with one attached hydrogen (secondary N) is 1. The lowest BCUT2D eigenvalue weighted by Crippen LogP contribution is -2.23. The number of rotatable bonds is 5. The predicted octanol–water partition coefficient (Wildman–Crippen LogP) is -0.584. The van der Waals surface area contributed by atoms with Crippen molar-refractivity contribution in [3.05, 3.63) is 24.0 Å². The molecule has 1 heterocycles. The highest BCUT2D eigenvalue weighted by Crippen LogP contribution is 2.11. The summed E-state index contributed by atoms with van der Waals surface area (Å²) in [5.41, 5.74) is 6.49. The molecule has 0 aliphatic heterocycles. The molecule has 0 spiro atoms. The van der Waals surface area contributed by atoms with Crippen molar-refractivity contribution in [3.8, 4) is 0 Å². The number of sulfonamides is 1. The quantitative estimate of drug-likeness (QED) is 0.611. The maximum atomic E-state index is 10.7. The molecule has 1 aromatic heterocycles. The van der Waals surface area contributed by atoms with E-state index in [1.54, 1.807) is 18.3 Å². The lowest BCUT2D eigenvalue weighted by molar-refractivity contribution is 0.598. The highest BCUT2D eigenvalue weighted by molar-refractivity contribution is 7.89. The van der Waals surface area contributed by atoms with E-state index in [0.29, 0.717) is 11.4 Å². The van der Waals surface area contributed by atoms with E-state index in [2.05, 4.69) is 10.3 Å². The molecule has 5 N–H and O–H groups in total. The second-order valence-electron chi connectivity index (χ2n) is 3.06.